The number of anilines is 1. The van der Waals surface area contributed by atoms with E-state index in [1.54, 1.807) is 23.5 Å². The van der Waals surface area contributed by atoms with Crippen LogP contribution < -0.4 is 10.2 Å². The van der Waals surface area contributed by atoms with Gasteiger partial charge in [0.15, 0.2) is 0 Å². The Labute approximate surface area is 151 Å². The molecule has 1 aliphatic rings. The zero-order valence-electron chi connectivity index (χ0n) is 14.5. The molecule has 1 aromatic carbocycles. The summed E-state index contributed by atoms with van der Waals surface area (Å²) in [6.45, 7) is 5.51. The van der Waals surface area contributed by atoms with E-state index in [0.29, 0.717) is 6.42 Å². The Balaban J connectivity index is 1.61. The third-order valence-corrected chi connectivity index (χ3v) is 5.27. The highest BCUT2D eigenvalue weighted by Crippen LogP contribution is 2.25. The third kappa shape index (κ3) is 4.75. The van der Waals surface area contributed by atoms with E-state index in [1.807, 2.05) is 13.8 Å². The van der Waals surface area contributed by atoms with Crippen LogP contribution in [0.15, 0.2) is 24.3 Å². The van der Waals surface area contributed by atoms with Crippen LogP contribution in [-0.2, 0) is 11.2 Å². The molecule has 1 amide bonds. The highest BCUT2D eigenvalue weighted by molar-refractivity contribution is 7.15. The summed E-state index contributed by atoms with van der Waals surface area (Å²) in [6.07, 6.45) is 2.67. The van der Waals surface area contributed by atoms with Crippen molar-refractivity contribution in [3.8, 4) is 0 Å². The fourth-order valence-electron chi connectivity index (χ4n) is 2.86. The summed E-state index contributed by atoms with van der Waals surface area (Å²) in [6, 6.07) is 6.63. The van der Waals surface area contributed by atoms with Crippen molar-refractivity contribution < 1.29 is 9.18 Å². The first-order valence-corrected chi connectivity index (χ1v) is 9.45. The predicted molar refractivity (Wildman–Crippen MR) is 97.3 cm³/mol. The van der Waals surface area contributed by atoms with Gasteiger partial charge in [0.1, 0.15) is 10.8 Å². The molecule has 2 aromatic rings. The van der Waals surface area contributed by atoms with Crippen LogP contribution in [0.3, 0.4) is 0 Å². The Kier molecular flexibility index (Phi) is 5.63. The summed E-state index contributed by atoms with van der Waals surface area (Å²) in [5, 5.41) is 13.5. The number of aromatic nitrogens is 2. The fourth-order valence-corrected chi connectivity index (χ4v) is 3.77. The van der Waals surface area contributed by atoms with E-state index >= 15 is 0 Å². The fraction of sp³-hybridized carbons (Fsp3) is 0.500. The lowest BCUT2D eigenvalue weighted by Gasteiger charge is -2.33. The van der Waals surface area contributed by atoms with Gasteiger partial charge in [-0.25, -0.2) is 4.39 Å². The third-order valence-electron chi connectivity index (χ3n) is 4.29. The lowest BCUT2D eigenvalue weighted by molar-refractivity contribution is -0.124. The van der Waals surface area contributed by atoms with E-state index in [0.717, 1.165) is 41.6 Å². The second kappa shape index (κ2) is 7.91. The van der Waals surface area contributed by atoms with Gasteiger partial charge in [-0.2, -0.15) is 0 Å². The molecule has 2 heterocycles. The van der Waals surface area contributed by atoms with E-state index in [1.165, 1.54) is 12.1 Å². The maximum Gasteiger partial charge on any atom is 0.222 e. The number of rotatable bonds is 5. The van der Waals surface area contributed by atoms with Crippen LogP contribution in [0.5, 0.6) is 0 Å². The molecule has 1 aromatic heterocycles. The quantitative estimate of drug-likeness (QED) is 0.888. The SMILES string of the molecule is CC(C)C(=O)NC1CCCN(c2nnc(Cc3ccc(F)cc3)s2)C1. The molecule has 1 aliphatic heterocycles. The molecule has 7 heteroatoms. The van der Waals surface area contributed by atoms with Gasteiger partial charge in [-0.3, -0.25) is 4.79 Å². The zero-order chi connectivity index (χ0) is 17.8. The number of nitrogens with zero attached hydrogens (tertiary/aromatic N) is 3. The van der Waals surface area contributed by atoms with Crippen LogP contribution in [0.25, 0.3) is 0 Å². The molecule has 1 fully saturated rings. The molecule has 1 saturated heterocycles. The number of carbonyl (C=O) groups excluding carboxylic acids is 1. The van der Waals surface area contributed by atoms with Crippen LogP contribution in [0.2, 0.25) is 0 Å². The predicted octanol–water partition coefficient (Wildman–Crippen LogP) is 3.01. The number of halogens is 1. The summed E-state index contributed by atoms with van der Waals surface area (Å²) in [4.78, 5) is 14.1. The molecule has 0 spiro atoms. The van der Waals surface area contributed by atoms with Crippen molar-refractivity contribution in [2.45, 2.75) is 39.2 Å². The van der Waals surface area contributed by atoms with Crippen LogP contribution in [0, 0.1) is 11.7 Å². The average Bonchev–Trinajstić information content (AvgIpc) is 3.06. The van der Waals surface area contributed by atoms with Crippen LogP contribution in [0.4, 0.5) is 9.52 Å². The smallest absolute Gasteiger partial charge is 0.222 e. The normalized spacial score (nSPS) is 17.8. The van der Waals surface area contributed by atoms with E-state index in [4.69, 9.17) is 0 Å². The van der Waals surface area contributed by atoms with Gasteiger partial charge in [-0.15, -0.1) is 10.2 Å². The summed E-state index contributed by atoms with van der Waals surface area (Å²) >= 11 is 1.56. The molecule has 1 unspecified atom stereocenters. The maximum absolute atomic E-state index is 13.0. The summed E-state index contributed by atoms with van der Waals surface area (Å²) < 4.78 is 13.0. The van der Waals surface area contributed by atoms with Crippen LogP contribution >= 0.6 is 11.3 Å². The van der Waals surface area contributed by atoms with Crippen molar-refractivity contribution in [1.82, 2.24) is 15.5 Å². The zero-order valence-corrected chi connectivity index (χ0v) is 15.4. The molecule has 0 radical (unpaired) electrons. The first-order chi connectivity index (χ1) is 12.0. The Hall–Kier alpha value is -2.02. The number of amides is 1. The maximum atomic E-state index is 13.0. The highest BCUT2D eigenvalue weighted by atomic mass is 32.1. The summed E-state index contributed by atoms with van der Waals surface area (Å²) in [5.41, 5.74) is 1.02. The van der Waals surface area contributed by atoms with Gasteiger partial charge in [0, 0.05) is 31.5 Å². The molecular weight excluding hydrogens is 339 g/mol. The number of hydrogen-bond donors (Lipinski definition) is 1. The van der Waals surface area contributed by atoms with Gasteiger partial charge < -0.3 is 10.2 Å². The summed E-state index contributed by atoms with van der Waals surface area (Å²) in [7, 11) is 0. The lowest BCUT2D eigenvalue weighted by Crippen LogP contribution is -2.48. The minimum absolute atomic E-state index is 0.000724. The van der Waals surface area contributed by atoms with E-state index in [2.05, 4.69) is 20.4 Å². The largest absolute Gasteiger partial charge is 0.351 e. The monoisotopic (exact) mass is 362 g/mol. The van der Waals surface area contributed by atoms with Gasteiger partial charge in [0.2, 0.25) is 11.0 Å². The second-order valence-electron chi connectivity index (χ2n) is 6.73. The van der Waals surface area contributed by atoms with Crippen molar-refractivity contribution in [1.29, 1.82) is 0 Å². The number of benzene rings is 1. The van der Waals surface area contributed by atoms with E-state index < -0.39 is 0 Å². The van der Waals surface area contributed by atoms with Crippen LogP contribution in [-0.4, -0.2) is 35.2 Å². The van der Waals surface area contributed by atoms with E-state index in [-0.39, 0.29) is 23.7 Å². The first-order valence-electron chi connectivity index (χ1n) is 8.63. The Morgan fingerprint density at radius 1 is 1.36 bits per heavy atom. The van der Waals surface area contributed by atoms with Gasteiger partial charge in [0.25, 0.3) is 0 Å². The average molecular weight is 362 g/mol. The molecule has 0 aliphatic carbocycles. The summed E-state index contributed by atoms with van der Waals surface area (Å²) in [5.74, 6) is -0.134. The minimum Gasteiger partial charge on any atom is -0.351 e. The van der Waals surface area contributed by atoms with Crippen molar-refractivity contribution in [2.75, 3.05) is 18.0 Å². The van der Waals surface area contributed by atoms with Crippen molar-refractivity contribution in [3.63, 3.8) is 0 Å². The number of nitrogens with one attached hydrogen (secondary N) is 1. The first kappa shape index (κ1) is 17.8. The minimum atomic E-state index is -0.232. The van der Waals surface area contributed by atoms with Gasteiger partial charge >= 0.3 is 0 Å². The molecule has 1 atom stereocenters. The molecular formula is C18H23FN4OS. The Morgan fingerprint density at radius 2 is 2.12 bits per heavy atom. The van der Waals surface area contributed by atoms with Gasteiger partial charge in [0.05, 0.1) is 0 Å². The molecule has 1 N–H and O–H groups in total. The molecule has 5 nitrogen and oxygen atoms in total. The molecule has 25 heavy (non-hydrogen) atoms. The lowest BCUT2D eigenvalue weighted by atomic mass is 10.1. The van der Waals surface area contributed by atoms with Gasteiger partial charge in [-0.1, -0.05) is 37.3 Å². The second-order valence-corrected chi connectivity index (χ2v) is 7.77. The van der Waals surface area contributed by atoms with Crippen LogP contribution in [0.1, 0.15) is 37.3 Å². The highest BCUT2D eigenvalue weighted by Gasteiger charge is 2.24. The molecule has 134 valence electrons. The van der Waals surface area contributed by atoms with Crippen molar-refractivity contribution >= 4 is 22.4 Å². The number of hydrogen-bond acceptors (Lipinski definition) is 5. The molecule has 3 rings (SSSR count). The Morgan fingerprint density at radius 3 is 2.84 bits per heavy atom. The number of piperidine rings is 1. The van der Waals surface area contributed by atoms with Crippen molar-refractivity contribution in [2.24, 2.45) is 5.92 Å². The standard InChI is InChI=1S/C18H23FN4OS/c1-12(2)17(24)20-15-4-3-9-23(11-15)18-22-21-16(25-18)10-13-5-7-14(19)8-6-13/h5-8,12,15H,3-4,9-11H2,1-2H3,(H,20,24). The molecule has 0 saturated carbocycles. The molecule has 0 bridgehead atoms. The topological polar surface area (TPSA) is 58.1 Å². The number of carbonyl (C=O) groups is 1. The van der Waals surface area contributed by atoms with Crippen molar-refractivity contribution in [3.05, 3.63) is 40.7 Å². The Bertz CT molecular complexity index is 716. The van der Waals surface area contributed by atoms with E-state index in [9.17, 15) is 9.18 Å². The van der Waals surface area contributed by atoms with Gasteiger partial charge in [-0.05, 0) is 30.5 Å².